The molecule has 1 atom stereocenters. The number of anilines is 3. The zero-order valence-corrected chi connectivity index (χ0v) is 23.3. The van der Waals surface area contributed by atoms with Gasteiger partial charge in [0.1, 0.15) is 17.8 Å². The van der Waals surface area contributed by atoms with Crippen molar-refractivity contribution in [2.75, 3.05) is 19.1 Å². The maximum Gasteiger partial charge on any atom is 0.133 e. The van der Waals surface area contributed by atoms with Crippen LogP contribution in [0.25, 0.3) is 22.2 Å². The molecule has 1 aromatic heterocycles. The van der Waals surface area contributed by atoms with Gasteiger partial charge >= 0.3 is 0 Å². The summed E-state index contributed by atoms with van der Waals surface area (Å²) in [5.41, 5.74) is 5.57. The van der Waals surface area contributed by atoms with Gasteiger partial charge in [0.2, 0.25) is 0 Å². The highest BCUT2D eigenvalue weighted by Crippen LogP contribution is 2.42. The summed E-state index contributed by atoms with van der Waals surface area (Å²) in [6.45, 7) is 0. The number of carbonyl (C=O) groups is 1. The van der Waals surface area contributed by atoms with Crippen LogP contribution in [-0.2, 0) is 11.2 Å². The molecule has 0 saturated carbocycles. The highest BCUT2D eigenvalue weighted by molar-refractivity contribution is 8.00. The SMILES string of the molecule is COc1ccc(N(c2ccc(/C=C/c3cc4c5c(ccc4s3)SC(C=O)C5)cc2)c2ccc(OC)cc2)cc1. The largest absolute Gasteiger partial charge is 0.497 e. The fourth-order valence-corrected chi connectivity index (χ4v) is 6.99. The van der Waals surface area contributed by atoms with E-state index in [1.165, 1.54) is 25.4 Å². The van der Waals surface area contributed by atoms with Gasteiger partial charge in [0.25, 0.3) is 0 Å². The van der Waals surface area contributed by atoms with Gasteiger partial charge in [-0.15, -0.1) is 23.1 Å². The van der Waals surface area contributed by atoms with Crippen molar-refractivity contribution in [1.29, 1.82) is 0 Å². The number of methoxy groups -OCH3 is 2. The second kappa shape index (κ2) is 11.0. The van der Waals surface area contributed by atoms with Gasteiger partial charge < -0.3 is 19.2 Å². The molecule has 0 amide bonds. The van der Waals surface area contributed by atoms with E-state index in [2.05, 4.69) is 83.8 Å². The summed E-state index contributed by atoms with van der Waals surface area (Å²) in [4.78, 5) is 16.0. The predicted molar refractivity (Wildman–Crippen MR) is 164 cm³/mol. The number of ether oxygens (including phenoxy) is 2. The first-order chi connectivity index (χ1) is 19.1. The summed E-state index contributed by atoms with van der Waals surface area (Å²) < 4.78 is 12.0. The number of thioether (sulfide) groups is 1. The van der Waals surface area contributed by atoms with Crippen molar-refractivity contribution in [3.8, 4) is 11.5 Å². The van der Waals surface area contributed by atoms with Crippen LogP contribution in [0.2, 0.25) is 0 Å². The number of hydrogen-bond acceptors (Lipinski definition) is 6. The molecule has 4 nitrogen and oxygen atoms in total. The van der Waals surface area contributed by atoms with Crippen molar-refractivity contribution in [3.05, 3.63) is 107 Å². The van der Waals surface area contributed by atoms with E-state index in [1.54, 1.807) is 37.3 Å². The quantitative estimate of drug-likeness (QED) is 0.181. The van der Waals surface area contributed by atoms with Crippen LogP contribution in [0.4, 0.5) is 17.1 Å². The predicted octanol–water partition coefficient (Wildman–Crippen LogP) is 8.77. The minimum atomic E-state index is 0.0402. The van der Waals surface area contributed by atoms with E-state index in [0.717, 1.165) is 46.8 Å². The maximum atomic E-state index is 11.3. The third-order valence-corrected chi connectivity index (χ3v) is 9.16. The topological polar surface area (TPSA) is 38.8 Å². The molecule has 2 heterocycles. The van der Waals surface area contributed by atoms with Crippen molar-refractivity contribution in [2.45, 2.75) is 16.6 Å². The van der Waals surface area contributed by atoms with Crippen LogP contribution in [0.5, 0.6) is 11.5 Å². The molecule has 0 spiro atoms. The molecular formula is C33H27NO3S2. The van der Waals surface area contributed by atoms with E-state index in [9.17, 15) is 4.79 Å². The highest BCUT2D eigenvalue weighted by atomic mass is 32.2. The molecule has 6 rings (SSSR count). The molecule has 0 aliphatic carbocycles. The summed E-state index contributed by atoms with van der Waals surface area (Å²) in [5.74, 6) is 1.64. The van der Waals surface area contributed by atoms with Gasteiger partial charge in [0.05, 0.1) is 19.5 Å². The second-order valence-corrected chi connectivity index (χ2v) is 11.7. The molecule has 0 fully saturated rings. The minimum absolute atomic E-state index is 0.0402. The lowest BCUT2D eigenvalue weighted by Gasteiger charge is -2.26. The Morgan fingerprint density at radius 1 is 0.769 bits per heavy atom. The van der Waals surface area contributed by atoms with Gasteiger partial charge in [-0.05, 0) is 108 Å². The average molecular weight is 550 g/mol. The van der Waals surface area contributed by atoms with Gasteiger partial charge in [0, 0.05) is 31.5 Å². The van der Waals surface area contributed by atoms with Crippen molar-refractivity contribution >= 4 is 68.7 Å². The van der Waals surface area contributed by atoms with E-state index in [1.807, 2.05) is 24.3 Å². The summed E-state index contributed by atoms with van der Waals surface area (Å²) >= 11 is 3.46. The Bertz CT molecular complexity index is 1590. The molecule has 1 unspecified atom stereocenters. The minimum Gasteiger partial charge on any atom is -0.497 e. The molecule has 194 valence electrons. The molecule has 0 N–H and O–H groups in total. The molecule has 39 heavy (non-hydrogen) atoms. The van der Waals surface area contributed by atoms with Gasteiger partial charge in [-0.25, -0.2) is 0 Å². The zero-order valence-electron chi connectivity index (χ0n) is 21.7. The Labute approximate surface area is 236 Å². The molecular weight excluding hydrogens is 523 g/mol. The van der Waals surface area contributed by atoms with Gasteiger partial charge in [-0.1, -0.05) is 18.2 Å². The molecule has 0 radical (unpaired) electrons. The van der Waals surface area contributed by atoms with Crippen molar-refractivity contribution < 1.29 is 14.3 Å². The Kier molecular flexibility index (Phi) is 7.14. The number of nitrogens with zero attached hydrogens (tertiary/aromatic N) is 1. The number of carbonyl (C=O) groups excluding carboxylic acids is 1. The number of hydrogen-bond donors (Lipinski definition) is 0. The van der Waals surface area contributed by atoms with E-state index >= 15 is 0 Å². The first-order valence-electron chi connectivity index (χ1n) is 12.7. The lowest BCUT2D eigenvalue weighted by Crippen LogP contribution is -2.09. The average Bonchev–Trinajstić information content (AvgIpc) is 3.61. The van der Waals surface area contributed by atoms with Gasteiger partial charge in [-0.3, -0.25) is 0 Å². The summed E-state index contributed by atoms with van der Waals surface area (Å²) in [7, 11) is 3.35. The van der Waals surface area contributed by atoms with Gasteiger partial charge in [0.15, 0.2) is 0 Å². The van der Waals surface area contributed by atoms with Crippen LogP contribution in [0.15, 0.2) is 95.9 Å². The van der Waals surface area contributed by atoms with E-state index < -0.39 is 0 Å². The smallest absolute Gasteiger partial charge is 0.133 e. The molecule has 4 aromatic carbocycles. The van der Waals surface area contributed by atoms with Crippen LogP contribution in [0.3, 0.4) is 0 Å². The fraction of sp³-hybridized carbons (Fsp3) is 0.121. The Morgan fingerprint density at radius 2 is 1.36 bits per heavy atom. The number of rotatable bonds is 8. The summed E-state index contributed by atoms with van der Waals surface area (Å²) in [6, 6.07) is 31.3. The molecule has 1 aliphatic rings. The zero-order chi connectivity index (χ0) is 26.8. The molecule has 1 aliphatic heterocycles. The molecule has 0 bridgehead atoms. The molecule has 5 aromatic rings. The first kappa shape index (κ1) is 25.3. The van der Waals surface area contributed by atoms with E-state index in [4.69, 9.17) is 9.47 Å². The second-order valence-electron chi connectivity index (χ2n) is 9.26. The summed E-state index contributed by atoms with van der Waals surface area (Å²) in [6.07, 6.45) is 6.22. The van der Waals surface area contributed by atoms with Crippen molar-refractivity contribution in [2.24, 2.45) is 0 Å². The first-order valence-corrected chi connectivity index (χ1v) is 14.4. The Morgan fingerprint density at radius 3 is 1.92 bits per heavy atom. The van der Waals surface area contributed by atoms with Crippen molar-refractivity contribution in [3.63, 3.8) is 0 Å². The van der Waals surface area contributed by atoms with E-state index in [-0.39, 0.29) is 5.25 Å². The number of thiophene rings is 1. The Hall–Kier alpha value is -4.00. The Balaban J connectivity index is 1.27. The number of fused-ring (bicyclic) bond motifs is 3. The number of aldehydes is 1. The standard InChI is InChI=1S/C33H27NO3S2/c1-36-26-12-8-24(9-13-26)34(25-10-14-27(37-2)15-11-25)23-6-3-22(4-7-23)5-16-28-19-30-31-20-29(21-35)39-33(31)18-17-32(30)38-28/h3-19,21,29H,20H2,1-2H3/b16-5+. The molecule has 0 saturated heterocycles. The van der Waals surface area contributed by atoms with Crippen LogP contribution in [0.1, 0.15) is 16.0 Å². The number of benzene rings is 4. The third kappa shape index (κ3) is 5.18. The van der Waals surface area contributed by atoms with E-state index in [0.29, 0.717) is 0 Å². The van der Waals surface area contributed by atoms with Gasteiger partial charge in [-0.2, -0.15) is 0 Å². The molecule has 6 heteroatoms. The third-order valence-electron chi connectivity index (χ3n) is 6.88. The fourth-order valence-electron chi connectivity index (χ4n) is 4.88. The maximum absolute atomic E-state index is 11.3. The van der Waals surface area contributed by atoms with Crippen LogP contribution >= 0.6 is 23.1 Å². The monoisotopic (exact) mass is 549 g/mol. The highest BCUT2D eigenvalue weighted by Gasteiger charge is 2.24. The lowest BCUT2D eigenvalue weighted by atomic mass is 10.1. The van der Waals surface area contributed by atoms with Crippen molar-refractivity contribution in [1.82, 2.24) is 0 Å². The van der Waals surface area contributed by atoms with Crippen LogP contribution in [-0.4, -0.2) is 25.8 Å². The normalized spacial score (nSPS) is 14.5. The lowest BCUT2D eigenvalue weighted by molar-refractivity contribution is -0.107. The van der Waals surface area contributed by atoms with Crippen LogP contribution < -0.4 is 14.4 Å². The summed E-state index contributed by atoms with van der Waals surface area (Å²) in [5, 5.41) is 1.32. The van der Waals surface area contributed by atoms with Crippen LogP contribution in [0, 0.1) is 0 Å².